The van der Waals surface area contributed by atoms with Crippen molar-refractivity contribution in [2.45, 2.75) is 19.1 Å². The van der Waals surface area contributed by atoms with Crippen molar-refractivity contribution in [2.24, 2.45) is 10.9 Å². The fourth-order valence-corrected chi connectivity index (χ4v) is 2.57. The summed E-state index contributed by atoms with van der Waals surface area (Å²) in [7, 11) is 0. The average Bonchev–Trinajstić information content (AvgIpc) is 2.79. The first kappa shape index (κ1) is 13.3. The summed E-state index contributed by atoms with van der Waals surface area (Å²) in [5, 5.41) is 3.57. The molecular weight excluding hydrogens is 261 g/mol. The summed E-state index contributed by atoms with van der Waals surface area (Å²) in [6.07, 6.45) is 0. The number of nitrogens with one attached hydrogen (secondary N) is 1. The third kappa shape index (κ3) is 2.63. The summed E-state index contributed by atoms with van der Waals surface area (Å²) in [6, 6.07) is 2.06. The number of amidine groups is 1. The van der Waals surface area contributed by atoms with Crippen LogP contribution >= 0.6 is 11.8 Å². The van der Waals surface area contributed by atoms with E-state index in [9.17, 15) is 13.2 Å². The number of hydrogen-bond acceptors (Lipinski definition) is 3. The molecule has 1 aliphatic heterocycles. The van der Waals surface area contributed by atoms with E-state index in [0.717, 1.165) is 6.07 Å². The van der Waals surface area contributed by atoms with Crippen molar-refractivity contribution in [3.05, 3.63) is 29.6 Å². The zero-order valence-corrected chi connectivity index (χ0v) is 10.8. The number of hydrogen-bond donors (Lipinski definition) is 1. The van der Waals surface area contributed by atoms with Gasteiger partial charge in [0.05, 0.1) is 12.2 Å². The van der Waals surface area contributed by atoms with Crippen molar-refractivity contribution in [3.8, 4) is 0 Å². The molecule has 0 radical (unpaired) electrons. The largest absolute Gasteiger partial charge is 0.332 e. The van der Waals surface area contributed by atoms with Crippen molar-refractivity contribution in [1.82, 2.24) is 0 Å². The molecule has 1 N–H and O–H groups in total. The Hall–Kier alpha value is -1.17. The molecule has 0 saturated carbocycles. The maximum Gasteiger partial charge on any atom is 0.196 e. The van der Waals surface area contributed by atoms with Gasteiger partial charge in [-0.2, -0.15) is 0 Å². The fourth-order valence-electron chi connectivity index (χ4n) is 1.54. The fraction of sp³-hybridized carbons (Fsp3) is 0.417. The number of halogens is 3. The van der Waals surface area contributed by atoms with Crippen LogP contribution in [-0.4, -0.2) is 17.0 Å². The van der Waals surface area contributed by atoms with Crippen LogP contribution in [0.3, 0.4) is 0 Å². The second-order valence-electron chi connectivity index (χ2n) is 4.39. The highest BCUT2D eigenvalue weighted by molar-refractivity contribution is 8.15. The minimum absolute atomic E-state index is 0.0930. The molecule has 1 aliphatic rings. The lowest BCUT2D eigenvalue weighted by atomic mass is 10.1. The van der Waals surface area contributed by atoms with Crippen LogP contribution in [0.4, 0.5) is 18.9 Å². The Labute approximate surface area is 108 Å². The monoisotopic (exact) mass is 274 g/mol. The zero-order chi connectivity index (χ0) is 13.3. The molecule has 1 unspecified atom stereocenters. The molecule has 0 fully saturated rings. The minimum Gasteiger partial charge on any atom is -0.332 e. The molecular formula is C12H13F3N2S. The first-order valence-electron chi connectivity index (χ1n) is 5.60. The summed E-state index contributed by atoms with van der Waals surface area (Å²) in [6.45, 7) is 4.80. The predicted octanol–water partition coefficient (Wildman–Crippen LogP) is 3.64. The second-order valence-corrected chi connectivity index (χ2v) is 5.62. The van der Waals surface area contributed by atoms with Crippen LogP contribution in [0.2, 0.25) is 0 Å². The smallest absolute Gasteiger partial charge is 0.196 e. The van der Waals surface area contributed by atoms with E-state index in [-0.39, 0.29) is 5.69 Å². The van der Waals surface area contributed by atoms with E-state index in [4.69, 9.17) is 0 Å². The van der Waals surface area contributed by atoms with Crippen molar-refractivity contribution in [2.75, 3.05) is 11.9 Å². The molecule has 18 heavy (non-hydrogen) atoms. The Bertz CT molecular complexity index is 488. The van der Waals surface area contributed by atoms with Crippen LogP contribution in [0.5, 0.6) is 0 Å². The SMILES string of the molecule is CC(C)C1CN=C(Nc2ccc(F)c(F)c2F)S1. The Morgan fingerprint density at radius 3 is 2.61 bits per heavy atom. The van der Waals surface area contributed by atoms with E-state index >= 15 is 0 Å². The zero-order valence-electron chi connectivity index (χ0n) is 10.0. The van der Waals surface area contributed by atoms with Gasteiger partial charge in [0.15, 0.2) is 22.6 Å². The highest BCUT2D eigenvalue weighted by Gasteiger charge is 2.23. The molecule has 1 aromatic carbocycles. The average molecular weight is 274 g/mol. The molecule has 98 valence electrons. The number of thioether (sulfide) groups is 1. The molecule has 1 aromatic rings. The highest BCUT2D eigenvalue weighted by Crippen LogP contribution is 2.29. The number of rotatable bonds is 2. The van der Waals surface area contributed by atoms with Gasteiger partial charge < -0.3 is 5.32 Å². The van der Waals surface area contributed by atoms with Crippen LogP contribution in [-0.2, 0) is 0 Å². The van der Waals surface area contributed by atoms with Gasteiger partial charge in [-0.05, 0) is 18.1 Å². The first-order chi connectivity index (χ1) is 8.49. The third-order valence-corrected chi connectivity index (χ3v) is 4.15. The van der Waals surface area contributed by atoms with Crippen LogP contribution in [0.1, 0.15) is 13.8 Å². The molecule has 0 aromatic heterocycles. The molecule has 2 nitrogen and oxygen atoms in total. The number of anilines is 1. The van der Waals surface area contributed by atoms with Crippen molar-refractivity contribution in [1.29, 1.82) is 0 Å². The molecule has 0 bridgehead atoms. The second kappa shape index (κ2) is 5.22. The Morgan fingerprint density at radius 2 is 2.00 bits per heavy atom. The molecule has 2 rings (SSSR count). The molecule has 0 spiro atoms. The van der Waals surface area contributed by atoms with Gasteiger partial charge in [-0.1, -0.05) is 25.6 Å². The lowest BCUT2D eigenvalue weighted by Crippen LogP contribution is -2.13. The van der Waals surface area contributed by atoms with Gasteiger partial charge in [0, 0.05) is 5.25 Å². The Morgan fingerprint density at radius 1 is 1.28 bits per heavy atom. The van der Waals surface area contributed by atoms with Gasteiger partial charge in [0.1, 0.15) is 0 Å². The van der Waals surface area contributed by atoms with Gasteiger partial charge in [-0.3, -0.25) is 4.99 Å². The third-order valence-electron chi connectivity index (χ3n) is 2.70. The summed E-state index contributed by atoms with van der Waals surface area (Å²) in [4.78, 5) is 4.21. The maximum absolute atomic E-state index is 13.4. The van der Waals surface area contributed by atoms with Crippen molar-refractivity contribution in [3.63, 3.8) is 0 Å². The lowest BCUT2D eigenvalue weighted by Gasteiger charge is -2.12. The molecule has 0 saturated heterocycles. The predicted molar refractivity (Wildman–Crippen MR) is 68.5 cm³/mol. The summed E-state index contributed by atoms with van der Waals surface area (Å²) >= 11 is 1.49. The maximum atomic E-state index is 13.4. The number of aliphatic imine (C=N–C) groups is 1. The van der Waals surface area contributed by atoms with Gasteiger partial charge in [0.2, 0.25) is 0 Å². The van der Waals surface area contributed by atoms with E-state index in [2.05, 4.69) is 24.2 Å². The topological polar surface area (TPSA) is 24.4 Å². The van der Waals surface area contributed by atoms with Crippen LogP contribution in [0, 0.1) is 23.4 Å². The Kier molecular flexibility index (Phi) is 3.85. The summed E-state index contributed by atoms with van der Waals surface area (Å²) in [5.74, 6) is -3.43. The van der Waals surface area contributed by atoms with E-state index in [1.165, 1.54) is 17.8 Å². The van der Waals surface area contributed by atoms with E-state index < -0.39 is 17.5 Å². The van der Waals surface area contributed by atoms with Crippen molar-refractivity contribution < 1.29 is 13.2 Å². The Balaban J connectivity index is 2.10. The normalized spacial score (nSPS) is 19.2. The molecule has 6 heteroatoms. The molecule has 1 heterocycles. The first-order valence-corrected chi connectivity index (χ1v) is 6.48. The van der Waals surface area contributed by atoms with Crippen LogP contribution in [0.25, 0.3) is 0 Å². The van der Waals surface area contributed by atoms with Crippen LogP contribution < -0.4 is 5.32 Å². The van der Waals surface area contributed by atoms with Gasteiger partial charge in [0.25, 0.3) is 0 Å². The van der Waals surface area contributed by atoms with Gasteiger partial charge in [-0.15, -0.1) is 0 Å². The summed E-state index contributed by atoms with van der Waals surface area (Å²) < 4.78 is 39.2. The van der Waals surface area contributed by atoms with E-state index in [1.54, 1.807) is 0 Å². The molecule has 1 atom stereocenters. The standard InChI is InChI=1S/C12H13F3N2S/c1-6(2)9-5-16-12(18-9)17-8-4-3-7(13)10(14)11(8)15/h3-4,6,9H,5H2,1-2H3,(H,16,17). The molecule has 0 amide bonds. The number of nitrogens with zero attached hydrogens (tertiary/aromatic N) is 1. The van der Waals surface area contributed by atoms with E-state index in [0.29, 0.717) is 22.9 Å². The minimum atomic E-state index is -1.47. The van der Waals surface area contributed by atoms with E-state index in [1.807, 2.05) is 0 Å². The highest BCUT2D eigenvalue weighted by atomic mass is 32.2. The quantitative estimate of drug-likeness (QED) is 0.833. The summed E-state index contributed by atoms with van der Waals surface area (Å²) in [5.41, 5.74) is -0.0930. The molecule has 0 aliphatic carbocycles. The van der Waals surface area contributed by atoms with Gasteiger partial charge in [-0.25, -0.2) is 13.2 Å². The van der Waals surface area contributed by atoms with Crippen LogP contribution in [0.15, 0.2) is 17.1 Å². The van der Waals surface area contributed by atoms with Gasteiger partial charge >= 0.3 is 0 Å². The number of benzene rings is 1. The lowest BCUT2D eigenvalue weighted by molar-refractivity contribution is 0.449. The van der Waals surface area contributed by atoms with Crippen molar-refractivity contribution >= 4 is 22.6 Å².